The summed E-state index contributed by atoms with van der Waals surface area (Å²) in [5.74, 6) is -5.67. The summed E-state index contributed by atoms with van der Waals surface area (Å²) in [7, 11) is 0. The van der Waals surface area contributed by atoms with Crippen molar-refractivity contribution < 1.29 is 23.6 Å². The normalized spacial score (nSPS) is 11.2. The number of nitro groups is 1. The smallest absolute Gasteiger partial charge is 0.309 e. The second kappa shape index (κ2) is 4.62. The summed E-state index contributed by atoms with van der Waals surface area (Å²) in [5.41, 5.74) is -1.97. The molecule has 0 fully saturated rings. The molecule has 0 amide bonds. The van der Waals surface area contributed by atoms with E-state index < -0.39 is 39.5 Å². The van der Waals surface area contributed by atoms with Crippen molar-refractivity contribution in [2.24, 2.45) is 0 Å². The average molecular weight is 266 g/mol. The zero-order chi connectivity index (χ0) is 13.2. The fourth-order valence-corrected chi connectivity index (χ4v) is 1.61. The molecule has 0 aromatic heterocycles. The monoisotopic (exact) mass is 265 g/mol. The summed E-state index contributed by atoms with van der Waals surface area (Å²) in [5, 5.41) is 18.4. The van der Waals surface area contributed by atoms with E-state index in [-0.39, 0.29) is 0 Å². The summed E-state index contributed by atoms with van der Waals surface area (Å²) >= 11 is 5.46. The van der Waals surface area contributed by atoms with Crippen molar-refractivity contribution in [1.29, 1.82) is 0 Å². The molecular formula is C9H6ClF2NO4. The van der Waals surface area contributed by atoms with Crippen LogP contribution in [-0.2, 0) is 10.7 Å². The molecule has 0 aliphatic carbocycles. The van der Waals surface area contributed by atoms with E-state index in [0.29, 0.717) is 0 Å². The van der Waals surface area contributed by atoms with Gasteiger partial charge in [-0.15, -0.1) is 0 Å². The highest BCUT2D eigenvalue weighted by molar-refractivity contribution is 6.31. The quantitative estimate of drug-likeness (QED) is 0.670. The number of alkyl halides is 2. The van der Waals surface area contributed by atoms with Gasteiger partial charge in [0.15, 0.2) is 0 Å². The largest absolute Gasteiger partial charge is 0.481 e. The molecule has 0 spiro atoms. The number of benzene rings is 1. The number of hydrogen-bond donors (Lipinski definition) is 1. The van der Waals surface area contributed by atoms with E-state index >= 15 is 0 Å². The van der Waals surface area contributed by atoms with Crippen LogP contribution in [0.15, 0.2) is 18.2 Å². The van der Waals surface area contributed by atoms with Gasteiger partial charge in [0.25, 0.3) is 11.6 Å². The maximum absolute atomic E-state index is 13.5. The zero-order valence-electron chi connectivity index (χ0n) is 8.19. The van der Waals surface area contributed by atoms with E-state index in [4.69, 9.17) is 16.7 Å². The van der Waals surface area contributed by atoms with Gasteiger partial charge >= 0.3 is 5.97 Å². The maximum atomic E-state index is 13.5. The van der Waals surface area contributed by atoms with Crippen LogP contribution in [-0.4, -0.2) is 16.0 Å². The number of carboxylic acids is 1. The Bertz CT molecular complexity index is 478. The van der Waals surface area contributed by atoms with E-state index in [9.17, 15) is 23.7 Å². The predicted molar refractivity (Wildman–Crippen MR) is 54.3 cm³/mol. The van der Waals surface area contributed by atoms with Gasteiger partial charge in [-0.05, 0) is 6.07 Å². The van der Waals surface area contributed by atoms with Crippen molar-refractivity contribution in [2.75, 3.05) is 0 Å². The van der Waals surface area contributed by atoms with E-state index in [1.54, 1.807) is 0 Å². The first kappa shape index (κ1) is 13.3. The Balaban J connectivity index is 3.38. The first-order chi connectivity index (χ1) is 7.75. The molecule has 8 heteroatoms. The first-order valence-electron chi connectivity index (χ1n) is 4.28. The number of carbonyl (C=O) groups is 1. The summed E-state index contributed by atoms with van der Waals surface area (Å²) in [6.45, 7) is 0. The van der Waals surface area contributed by atoms with Gasteiger partial charge in [-0.2, -0.15) is 0 Å². The number of nitrogens with zero attached hydrogens (tertiary/aromatic N) is 1. The Morgan fingerprint density at radius 2 is 2.12 bits per heavy atom. The molecule has 5 nitrogen and oxygen atoms in total. The SMILES string of the molecule is O=C(O)CC(F)(F)c1c(Cl)cccc1[N+](=O)[O-]. The molecule has 17 heavy (non-hydrogen) atoms. The van der Waals surface area contributed by atoms with E-state index in [0.717, 1.165) is 18.2 Å². The van der Waals surface area contributed by atoms with Crippen molar-refractivity contribution in [1.82, 2.24) is 0 Å². The van der Waals surface area contributed by atoms with Crippen LogP contribution in [0.25, 0.3) is 0 Å². The molecule has 1 rings (SSSR count). The number of carboxylic acid groups (broad SMARTS) is 1. The third-order valence-corrected chi connectivity index (χ3v) is 2.24. The zero-order valence-corrected chi connectivity index (χ0v) is 8.95. The van der Waals surface area contributed by atoms with Gasteiger partial charge in [0.1, 0.15) is 12.0 Å². The van der Waals surface area contributed by atoms with Gasteiger partial charge in [-0.1, -0.05) is 17.7 Å². The fourth-order valence-electron chi connectivity index (χ4n) is 1.31. The highest BCUT2D eigenvalue weighted by Gasteiger charge is 2.42. The summed E-state index contributed by atoms with van der Waals surface area (Å²) in [4.78, 5) is 19.8. The second-order valence-corrected chi connectivity index (χ2v) is 3.57. The van der Waals surface area contributed by atoms with Gasteiger partial charge in [-0.3, -0.25) is 14.9 Å². The number of rotatable bonds is 4. The molecule has 0 saturated carbocycles. The predicted octanol–water partition coefficient (Wildman–Crippen LogP) is 2.81. The standard InChI is InChI=1S/C9H6ClF2NO4/c10-5-2-1-3-6(13(16)17)8(5)9(11,12)4-7(14)15/h1-3H,4H2,(H,14,15). The lowest BCUT2D eigenvalue weighted by Crippen LogP contribution is -2.20. The highest BCUT2D eigenvalue weighted by atomic mass is 35.5. The molecule has 0 atom stereocenters. The van der Waals surface area contributed by atoms with Crippen LogP contribution in [0.3, 0.4) is 0 Å². The Morgan fingerprint density at radius 3 is 2.59 bits per heavy atom. The van der Waals surface area contributed by atoms with Crippen molar-refractivity contribution in [3.8, 4) is 0 Å². The molecule has 0 aliphatic heterocycles. The maximum Gasteiger partial charge on any atom is 0.309 e. The minimum absolute atomic E-state index is 0.537. The highest BCUT2D eigenvalue weighted by Crippen LogP contribution is 2.41. The Kier molecular flexibility index (Phi) is 3.62. The van der Waals surface area contributed by atoms with Crippen molar-refractivity contribution in [3.63, 3.8) is 0 Å². The number of halogens is 3. The van der Waals surface area contributed by atoms with Crippen LogP contribution in [0.1, 0.15) is 12.0 Å². The molecule has 92 valence electrons. The second-order valence-electron chi connectivity index (χ2n) is 3.17. The number of aliphatic carboxylic acids is 1. The van der Waals surface area contributed by atoms with Gasteiger partial charge in [-0.25, -0.2) is 8.78 Å². The molecule has 1 N–H and O–H groups in total. The topological polar surface area (TPSA) is 80.4 Å². The lowest BCUT2D eigenvalue weighted by atomic mass is 10.0. The van der Waals surface area contributed by atoms with Crippen LogP contribution < -0.4 is 0 Å². The molecule has 1 aromatic carbocycles. The third kappa shape index (κ3) is 2.88. The Hall–Kier alpha value is -1.76. The number of nitro benzene ring substituents is 1. The Morgan fingerprint density at radius 1 is 1.53 bits per heavy atom. The van der Waals surface area contributed by atoms with Crippen LogP contribution in [0, 0.1) is 10.1 Å². The van der Waals surface area contributed by atoms with Gasteiger partial charge in [0.05, 0.1) is 9.95 Å². The van der Waals surface area contributed by atoms with Gasteiger partial charge in [0.2, 0.25) is 0 Å². The summed E-state index contributed by atoms with van der Waals surface area (Å²) in [6, 6.07) is 3.03. The summed E-state index contributed by atoms with van der Waals surface area (Å²) in [6.07, 6.45) is -1.56. The third-order valence-electron chi connectivity index (χ3n) is 1.93. The van der Waals surface area contributed by atoms with E-state index in [1.807, 2.05) is 0 Å². The molecule has 0 aliphatic rings. The van der Waals surface area contributed by atoms with Crippen LogP contribution in [0.2, 0.25) is 5.02 Å². The number of hydrogen-bond acceptors (Lipinski definition) is 3. The minimum Gasteiger partial charge on any atom is -0.481 e. The lowest BCUT2D eigenvalue weighted by molar-refractivity contribution is -0.387. The van der Waals surface area contributed by atoms with Crippen LogP contribution >= 0.6 is 11.6 Å². The molecular weight excluding hydrogens is 260 g/mol. The Labute approximate surface area is 98.8 Å². The molecule has 0 saturated heterocycles. The molecule has 0 unspecified atom stereocenters. The van der Waals surface area contributed by atoms with Crippen molar-refractivity contribution >= 4 is 23.3 Å². The average Bonchev–Trinajstić information content (AvgIpc) is 2.14. The summed E-state index contributed by atoms with van der Waals surface area (Å²) < 4.78 is 27.0. The molecule has 1 aromatic rings. The minimum atomic E-state index is -3.90. The van der Waals surface area contributed by atoms with Crippen molar-refractivity contribution in [2.45, 2.75) is 12.3 Å². The van der Waals surface area contributed by atoms with E-state index in [1.165, 1.54) is 0 Å². The first-order valence-corrected chi connectivity index (χ1v) is 4.66. The lowest BCUT2D eigenvalue weighted by Gasteiger charge is -2.15. The fraction of sp³-hybridized carbons (Fsp3) is 0.222. The van der Waals surface area contributed by atoms with Crippen LogP contribution in [0.5, 0.6) is 0 Å². The molecule has 0 bridgehead atoms. The van der Waals surface area contributed by atoms with Crippen molar-refractivity contribution in [3.05, 3.63) is 38.9 Å². The van der Waals surface area contributed by atoms with Gasteiger partial charge < -0.3 is 5.11 Å². The van der Waals surface area contributed by atoms with Gasteiger partial charge in [0, 0.05) is 6.07 Å². The molecule has 0 heterocycles. The van der Waals surface area contributed by atoms with Crippen LogP contribution in [0.4, 0.5) is 14.5 Å². The van der Waals surface area contributed by atoms with E-state index in [2.05, 4.69) is 0 Å². The molecule has 0 radical (unpaired) electrons.